The van der Waals surface area contributed by atoms with Crippen LogP contribution in [-0.2, 0) is 14.3 Å². The average Bonchev–Trinajstić information content (AvgIpc) is 2.32. The highest BCUT2D eigenvalue weighted by molar-refractivity contribution is 5.92. The molecule has 102 valence electrons. The molecule has 0 aliphatic heterocycles. The first-order valence-electron chi connectivity index (χ1n) is 5.76. The van der Waals surface area contributed by atoms with Crippen molar-refractivity contribution in [1.82, 2.24) is 4.98 Å². The van der Waals surface area contributed by atoms with Gasteiger partial charge in [-0.3, -0.25) is 4.79 Å². The number of hydrogen-bond acceptors (Lipinski definition) is 4. The van der Waals surface area contributed by atoms with Crippen molar-refractivity contribution >= 4 is 17.7 Å². The first-order valence-corrected chi connectivity index (χ1v) is 5.76. The molecule has 1 rings (SSSR count). The predicted octanol–water partition coefficient (Wildman–Crippen LogP) is 2.06. The van der Waals surface area contributed by atoms with Gasteiger partial charge in [0.1, 0.15) is 11.6 Å². The van der Waals surface area contributed by atoms with Gasteiger partial charge in [0, 0.05) is 12.5 Å². The smallest absolute Gasteiger partial charge is 0.330 e. The van der Waals surface area contributed by atoms with Crippen molar-refractivity contribution in [3.05, 3.63) is 35.8 Å². The molecule has 0 aromatic carbocycles. The quantitative estimate of drug-likeness (QED) is 0.654. The van der Waals surface area contributed by atoms with Gasteiger partial charge in [-0.25, -0.2) is 14.2 Å². The van der Waals surface area contributed by atoms with Crippen LogP contribution in [0.3, 0.4) is 0 Å². The summed E-state index contributed by atoms with van der Waals surface area (Å²) in [6.45, 7) is 3.64. The molecule has 0 aliphatic rings. The summed E-state index contributed by atoms with van der Waals surface area (Å²) in [7, 11) is 0. The minimum absolute atomic E-state index is 0.0396. The first kappa shape index (κ1) is 14.8. The van der Waals surface area contributed by atoms with Gasteiger partial charge >= 0.3 is 5.97 Å². The van der Waals surface area contributed by atoms with Crippen molar-refractivity contribution in [3.63, 3.8) is 0 Å². The molecule has 1 aromatic heterocycles. The van der Waals surface area contributed by atoms with E-state index in [1.165, 1.54) is 18.2 Å². The third kappa shape index (κ3) is 5.76. The van der Waals surface area contributed by atoms with Gasteiger partial charge in [-0.1, -0.05) is 5.57 Å². The maximum Gasteiger partial charge on any atom is 0.330 e. The molecule has 1 aromatic rings. The van der Waals surface area contributed by atoms with Crippen molar-refractivity contribution in [2.75, 3.05) is 11.9 Å². The molecule has 0 aliphatic carbocycles. The van der Waals surface area contributed by atoms with Crippen LogP contribution in [0, 0.1) is 5.82 Å². The summed E-state index contributed by atoms with van der Waals surface area (Å²) < 4.78 is 17.3. The summed E-state index contributed by atoms with van der Waals surface area (Å²) in [4.78, 5) is 26.5. The van der Waals surface area contributed by atoms with Gasteiger partial charge in [0.05, 0.1) is 12.8 Å². The van der Waals surface area contributed by atoms with E-state index in [-0.39, 0.29) is 24.8 Å². The van der Waals surface area contributed by atoms with Crippen molar-refractivity contribution in [2.24, 2.45) is 0 Å². The lowest BCUT2D eigenvalue weighted by molar-refractivity contribution is -0.137. The normalized spacial score (nSPS) is 11.0. The van der Waals surface area contributed by atoms with Crippen LogP contribution in [0.1, 0.15) is 20.3 Å². The van der Waals surface area contributed by atoms with Crippen LogP contribution in [0.4, 0.5) is 10.2 Å². The number of halogens is 1. The summed E-state index contributed by atoms with van der Waals surface area (Å²) in [5, 5.41) is 2.50. The highest BCUT2D eigenvalue weighted by atomic mass is 19.1. The number of pyridine rings is 1. The Balaban J connectivity index is 2.51. The third-order valence-electron chi connectivity index (χ3n) is 2.09. The van der Waals surface area contributed by atoms with Gasteiger partial charge in [0.25, 0.3) is 0 Å². The largest absolute Gasteiger partial charge is 0.463 e. The van der Waals surface area contributed by atoms with E-state index in [4.69, 9.17) is 4.74 Å². The van der Waals surface area contributed by atoms with Crippen LogP contribution in [0.5, 0.6) is 0 Å². The Morgan fingerprint density at radius 1 is 1.47 bits per heavy atom. The minimum atomic E-state index is -0.479. The Hall–Kier alpha value is -2.24. The molecular weight excluding hydrogens is 251 g/mol. The Morgan fingerprint density at radius 2 is 2.21 bits per heavy atom. The fraction of sp³-hybridized carbons (Fsp3) is 0.308. The van der Waals surface area contributed by atoms with Crippen LogP contribution >= 0.6 is 0 Å². The number of nitrogens with zero attached hydrogens (tertiary/aromatic N) is 1. The summed E-state index contributed by atoms with van der Waals surface area (Å²) in [5.74, 6) is -1.03. The number of ether oxygens (including phenoxy) is 1. The molecule has 0 saturated carbocycles. The van der Waals surface area contributed by atoms with E-state index in [9.17, 15) is 14.0 Å². The average molecular weight is 266 g/mol. The lowest BCUT2D eigenvalue weighted by Crippen LogP contribution is -2.13. The molecule has 0 saturated heterocycles. The molecule has 0 radical (unpaired) electrons. The standard InChI is InChI=1S/C13H15FN2O3/c1-3-19-13(18)7-9(2)6-12(17)16-11-5-4-10(14)8-15-11/h4-5,7-8H,3,6H2,1-2H3,(H,15,16,17). The topological polar surface area (TPSA) is 68.3 Å². The van der Waals surface area contributed by atoms with Gasteiger partial charge in [0.15, 0.2) is 0 Å². The van der Waals surface area contributed by atoms with E-state index in [1.807, 2.05) is 0 Å². The second kappa shape index (κ2) is 7.25. The fourth-order valence-electron chi connectivity index (χ4n) is 1.33. The molecule has 1 N–H and O–H groups in total. The molecule has 19 heavy (non-hydrogen) atoms. The number of hydrogen-bond donors (Lipinski definition) is 1. The monoisotopic (exact) mass is 266 g/mol. The molecule has 0 fully saturated rings. The van der Waals surface area contributed by atoms with Gasteiger partial charge in [0.2, 0.25) is 5.91 Å². The Labute approximate surface area is 110 Å². The zero-order valence-corrected chi connectivity index (χ0v) is 10.8. The number of anilines is 1. The summed E-state index contributed by atoms with van der Waals surface area (Å²) in [6, 6.07) is 2.56. The molecular formula is C13H15FN2O3. The van der Waals surface area contributed by atoms with Crippen molar-refractivity contribution in [2.45, 2.75) is 20.3 Å². The molecule has 6 heteroatoms. The van der Waals surface area contributed by atoms with E-state index in [0.717, 1.165) is 6.20 Å². The Bertz CT molecular complexity index is 483. The zero-order valence-electron chi connectivity index (χ0n) is 10.8. The molecule has 1 heterocycles. The van der Waals surface area contributed by atoms with Crippen LogP contribution < -0.4 is 5.32 Å². The maximum atomic E-state index is 12.6. The van der Waals surface area contributed by atoms with Crippen LogP contribution in [-0.4, -0.2) is 23.5 Å². The maximum absolute atomic E-state index is 12.6. The lowest BCUT2D eigenvalue weighted by atomic mass is 10.2. The van der Waals surface area contributed by atoms with Gasteiger partial charge in [-0.15, -0.1) is 0 Å². The predicted molar refractivity (Wildman–Crippen MR) is 67.8 cm³/mol. The first-order chi connectivity index (χ1) is 9.01. The minimum Gasteiger partial charge on any atom is -0.463 e. The van der Waals surface area contributed by atoms with Crippen molar-refractivity contribution < 1.29 is 18.7 Å². The number of carbonyl (C=O) groups excluding carboxylic acids is 2. The number of nitrogens with one attached hydrogen (secondary N) is 1. The number of amides is 1. The van der Waals surface area contributed by atoms with Crippen molar-refractivity contribution in [3.8, 4) is 0 Å². The molecule has 0 bridgehead atoms. The number of carbonyl (C=O) groups is 2. The van der Waals surface area contributed by atoms with Crippen LogP contribution in [0.15, 0.2) is 30.0 Å². The number of rotatable bonds is 5. The van der Waals surface area contributed by atoms with Crippen LogP contribution in [0.25, 0.3) is 0 Å². The van der Waals surface area contributed by atoms with Gasteiger partial charge in [-0.2, -0.15) is 0 Å². The third-order valence-corrected chi connectivity index (χ3v) is 2.09. The second-order valence-electron chi connectivity index (χ2n) is 3.83. The van der Waals surface area contributed by atoms with E-state index < -0.39 is 11.8 Å². The fourth-order valence-corrected chi connectivity index (χ4v) is 1.33. The Kier molecular flexibility index (Phi) is 5.66. The summed E-state index contributed by atoms with van der Waals surface area (Å²) in [6.07, 6.45) is 2.32. The molecule has 0 atom stereocenters. The summed E-state index contributed by atoms with van der Waals surface area (Å²) in [5.41, 5.74) is 0.568. The van der Waals surface area contributed by atoms with Gasteiger partial charge < -0.3 is 10.1 Å². The number of aromatic nitrogens is 1. The van der Waals surface area contributed by atoms with Gasteiger partial charge in [-0.05, 0) is 26.0 Å². The molecule has 0 spiro atoms. The number of esters is 1. The molecule has 5 nitrogen and oxygen atoms in total. The van der Waals surface area contributed by atoms with E-state index in [2.05, 4.69) is 10.3 Å². The second-order valence-corrected chi connectivity index (χ2v) is 3.83. The van der Waals surface area contributed by atoms with E-state index in [1.54, 1.807) is 13.8 Å². The van der Waals surface area contributed by atoms with E-state index >= 15 is 0 Å². The molecule has 1 amide bonds. The van der Waals surface area contributed by atoms with E-state index in [0.29, 0.717) is 5.57 Å². The SMILES string of the molecule is CCOC(=O)C=C(C)CC(=O)Nc1ccc(F)cn1. The lowest BCUT2D eigenvalue weighted by Gasteiger charge is -2.04. The van der Waals surface area contributed by atoms with Crippen molar-refractivity contribution in [1.29, 1.82) is 0 Å². The highest BCUT2D eigenvalue weighted by Gasteiger charge is 2.06. The Morgan fingerprint density at radius 3 is 2.79 bits per heavy atom. The highest BCUT2D eigenvalue weighted by Crippen LogP contribution is 2.07. The zero-order chi connectivity index (χ0) is 14.3. The summed E-state index contributed by atoms with van der Waals surface area (Å²) >= 11 is 0. The molecule has 0 unspecified atom stereocenters. The van der Waals surface area contributed by atoms with Crippen LogP contribution in [0.2, 0.25) is 0 Å².